The zero-order valence-electron chi connectivity index (χ0n) is 18.7. The molecular formula is C26H24ClN3O3. The van der Waals surface area contributed by atoms with E-state index in [-0.39, 0.29) is 11.5 Å². The molecule has 3 aromatic carbocycles. The second-order valence-electron chi connectivity index (χ2n) is 7.63. The first-order valence-electron chi connectivity index (χ1n) is 10.7. The third kappa shape index (κ3) is 4.34. The van der Waals surface area contributed by atoms with Crippen molar-refractivity contribution < 1.29 is 9.53 Å². The van der Waals surface area contributed by atoms with Gasteiger partial charge in [-0.2, -0.15) is 0 Å². The number of ether oxygens (including phenoxy) is 1. The van der Waals surface area contributed by atoms with Crippen LogP contribution in [0.15, 0.2) is 77.6 Å². The van der Waals surface area contributed by atoms with Crippen molar-refractivity contribution >= 4 is 28.4 Å². The monoisotopic (exact) mass is 461 g/mol. The van der Waals surface area contributed by atoms with Crippen molar-refractivity contribution in [1.29, 1.82) is 0 Å². The van der Waals surface area contributed by atoms with Gasteiger partial charge in [-0.25, -0.2) is 4.98 Å². The number of amides is 1. The van der Waals surface area contributed by atoms with E-state index in [1.54, 1.807) is 52.9 Å². The number of carbonyl (C=O) groups is 1. The highest BCUT2D eigenvalue weighted by atomic mass is 35.5. The zero-order valence-corrected chi connectivity index (χ0v) is 19.4. The smallest absolute Gasteiger partial charge is 0.266 e. The summed E-state index contributed by atoms with van der Waals surface area (Å²) in [5.74, 6) is 0.807. The van der Waals surface area contributed by atoms with Gasteiger partial charge in [0.2, 0.25) is 0 Å². The normalized spacial score (nSPS) is 11.9. The molecule has 1 heterocycles. The molecule has 1 amide bonds. The number of halogens is 1. The molecule has 0 saturated heterocycles. The summed E-state index contributed by atoms with van der Waals surface area (Å²) in [6, 6.07) is 20.7. The molecule has 1 unspecified atom stereocenters. The molecule has 0 bridgehead atoms. The first-order chi connectivity index (χ1) is 15.9. The maximum atomic E-state index is 13.7. The molecule has 0 saturated carbocycles. The van der Waals surface area contributed by atoms with Gasteiger partial charge in [0, 0.05) is 17.6 Å². The highest BCUT2D eigenvalue weighted by molar-refractivity contribution is 6.30. The van der Waals surface area contributed by atoms with Crippen LogP contribution in [0.5, 0.6) is 5.75 Å². The summed E-state index contributed by atoms with van der Waals surface area (Å²) in [6.45, 7) is 4.19. The standard InChI is InChI=1S/C26H24ClN3O3/c1-4-33-23-12-8-7-11-22(23)30-24(28-21-10-6-5-9-20(21)26(30)32)17(2)29(3)25(31)18-13-15-19(27)16-14-18/h5-17H,4H2,1-3H3. The first kappa shape index (κ1) is 22.6. The summed E-state index contributed by atoms with van der Waals surface area (Å²) in [5, 5.41) is 1.05. The second kappa shape index (κ2) is 9.46. The SMILES string of the molecule is CCOc1ccccc1-n1c(C(C)N(C)C(=O)c2ccc(Cl)cc2)nc2ccccc2c1=O. The van der Waals surface area contributed by atoms with E-state index in [0.717, 1.165) is 0 Å². The average Bonchev–Trinajstić information content (AvgIpc) is 2.84. The van der Waals surface area contributed by atoms with Gasteiger partial charge in [-0.05, 0) is 62.4 Å². The van der Waals surface area contributed by atoms with Gasteiger partial charge in [0.05, 0.1) is 29.2 Å². The molecule has 0 aliphatic heterocycles. The van der Waals surface area contributed by atoms with Gasteiger partial charge in [0.25, 0.3) is 11.5 Å². The molecule has 0 aliphatic carbocycles. The number of hydrogen-bond acceptors (Lipinski definition) is 4. The van der Waals surface area contributed by atoms with Crippen LogP contribution in [-0.2, 0) is 0 Å². The van der Waals surface area contributed by atoms with E-state index in [1.807, 2.05) is 50.2 Å². The lowest BCUT2D eigenvalue weighted by Crippen LogP contribution is -2.35. The fourth-order valence-electron chi connectivity index (χ4n) is 3.73. The van der Waals surface area contributed by atoms with E-state index in [4.69, 9.17) is 21.3 Å². The van der Waals surface area contributed by atoms with Crippen molar-refractivity contribution in [2.75, 3.05) is 13.7 Å². The third-order valence-corrected chi connectivity index (χ3v) is 5.83. The highest BCUT2D eigenvalue weighted by Gasteiger charge is 2.26. The van der Waals surface area contributed by atoms with Crippen LogP contribution in [0.25, 0.3) is 16.6 Å². The number of nitrogens with zero attached hydrogens (tertiary/aromatic N) is 3. The van der Waals surface area contributed by atoms with Gasteiger partial charge in [0.15, 0.2) is 0 Å². The quantitative estimate of drug-likeness (QED) is 0.392. The van der Waals surface area contributed by atoms with Crippen LogP contribution in [0.4, 0.5) is 0 Å². The zero-order chi connectivity index (χ0) is 23.5. The molecule has 1 atom stereocenters. The Hall–Kier alpha value is -3.64. The summed E-state index contributed by atoms with van der Waals surface area (Å²) in [5.41, 5.74) is 1.43. The topological polar surface area (TPSA) is 64.4 Å². The minimum Gasteiger partial charge on any atom is -0.492 e. The lowest BCUT2D eigenvalue weighted by Gasteiger charge is -2.27. The largest absolute Gasteiger partial charge is 0.492 e. The van der Waals surface area contributed by atoms with Crippen LogP contribution < -0.4 is 10.3 Å². The minimum atomic E-state index is -0.514. The predicted octanol–water partition coefficient (Wildman–Crippen LogP) is 5.27. The number of aromatic nitrogens is 2. The molecule has 33 heavy (non-hydrogen) atoms. The van der Waals surface area contributed by atoms with E-state index in [0.29, 0.717) is 45.4 Å². The van der Waals surface area contributed by atoms with Crippen LogP contribution in [0.3, 0.4) is 0 Å². The van der Waals surface area contributed by atoms with Gasteiger partial charge in [-0.1, -0.05) is 35.9 Å². The Kier molecular flexibility index (Phi) is 6.47. The summed E-state index contributed by atoms with van der Waals surface area (Å²) < 4.78 is 7.35. The lowest BCUT2D eigenvalue weighted by molar-refractivity contribution is 0.0735. The molecule has 4 aromatic rings. The van der Waals surface area contributed by atoms with Crippen LogP contribution in [0.2, 0.25) is 5.02 Å². The lowest BCUT2D eigenvalue weighted by atomic mass is 10.1. The van der Waals surface area contributed by atoms with Crippen LogP contribution in [-0.4, -0.2) is 34.0 Å². The van der Waals surface area contributed by atoms with Crippen molar-refractivity contribution in [3.05, 3.63) is 99.6 Å². The third-order valence-electron chi connectivity index (χ3n) is 5.57. The average molecular weight is 462 g/mol. The van der Waals surface area contributed by atoms with Gasteiger partial charge in [0.1, 0.15) is 11.6 Å². The van der Waals surface area contributed by atoms with Crippen molar-refractivity contribution in [3.8, 4) is 11.4 Å². The van der Waals surface area contributed by atoms with E-state index in [9.17, 15) is 9.59 Å². The number of hydrogen-bond donors (Lipinski definition) is 0. The van der Waals surface area contributed by atoms with Crippen LogP contribution in [0, 0.1) is 0 Å². The van der Waals surface area contributed by atoms with E-state index in [2.05, 4.69) is 0 Å². The Labute approximate surface area is 197 Å². The fourth-order valence-corrected chi connectivity index (χ4v) is 3.85. The number of carbonyl (C=O) groups excluding carboxylic acids is 1. The van der Waals surface area contributed by atoms with E-state index < -0.39 is 6.04 Å². The Balaban J connectivity index is 1.89. The molecule has 6 nitrogen and oxygen atoms in total. The number of benzene rings is 3. The van der Waals surface area contributed by atoms with E-state index in [1.165, 1.54) is 0 Å². The van der Waals surface area contributed by atoms with Gasteiger partial charge >= 0.3 is 0 Å². The maximum Gasteiger partial charge on any atom is 0.266 e. The minimum absolute atomic E-state index is 0.203. The second-order valence-corrected chi connectivity index (χ2v) is 8.06. The fraction of sp³-hybridized carbons (Fsp3) is 0.192. The van der Waals surface area contributed by atoms with Crippen molar-refractivity contribution in [2.24, 2.45) is 0 Å². The molecule has 0 spiro atoms. The van der Waals surface area contributed by atoms with Gasteiger partial charge in [-0.15, -0.1) is 0 Å². The predicted molar refractivity (Wildman–Crippen MR) is 130 cm³/mol. The first-order valence-corrected chi connectivity index (χ1v) is 11.1. The molecule has 7 heteroatoms. The summed E-state index contributed by atoms with van der Waals surface area (Å²) in [4.78, 5) is 33.2. The van der Waals surface area contributed by atoms with Gasteiger partial charge < -0.3 is 9.64 Å². The Bertz CT molecular complexity index is 1370. The van der Waals surface area contributed by atoms with Crippen molar-refractivity contribution in [2.45, 2.75) is 19.9 Å². The number of para-hydroxylation sites is 3. The number of fused-ring (bicyclic) bond motifs is 1. The van der Waals surface area contributed by atoms with E-state index >= 15 is 0 Å². The summed E-state index contributed by atoms with van der Waals surface area (Å²) in [7, 11) is 1.70. The highest BCUT2D eigenvalue weighted by Crippen LogP contribution is 2.28. The summed E-state index contributed by atoms with van der Waals surface area (Å²) >= 11 is 5.97. The molecule has 1 aromatic heterocycles. The Morgan fingerprint density at radius 1 is 1.06 bits per heavy atom. The Morgan fingerprint density at radius 2 is 1.73 bits per heavy atom. The molecule has 0 fully saturated rings. The van der Waals surface area contributed by atoms with Crippen molar-refractivity contribution in [3.63, 3.8) is 0 Å². The molecule has 168 valence electrons. The number of rotatable bonds is 6. The maximum absolute atomic E-state index is 13.7. The Morgan fingerprint density at radius 3 is 2.45 bits per heavy atom. The van der Waals surface area contributed by atoms with Crippen molar-refractivity contribution in [1.82, 2.24) is 14.5 Å². The van der Waals surface area contributed by atoms with Crippen LogP contribution >= 0.6 is 11.6 Å². The summed E-state index contributed by atoms with van der Waals surface area (Å²) in [6.07, 6.45) is 0. The molecule has 0 N–H and O–H groups in total. The molecule has 0 radical (unpaired) electrons. The molecular weight excluding hydrogens is 438 g/mol. The molecule has 4 rings (SSSR count). The van der Waals surface area contributed by atoms with Crippen LogP contribution in [0.1, 0.15) is 36.1 Å². The molecule has 0 aliphatic rings. The van der Waals surface area contributed by atoms with Gasteiger partial charge in [-0.3, -0.25) is 14.2 Å².